The Bertz CT molecular complexity index is 119. The summed E-state index contributed by atoms with van der Waals surface area (Å²) in [5, 5.41) is 2.45. The molecule has 0 rings (SSSR count). The van der Waals surface area contributed by atoms with E-state index in [2.05, 4.69) is 29.7 Å². The first kappa shape index (κ1) is 6.47. The third-order valence-electron chi connectivity index (χ3n) is 0.473. The van der Waals surface area contributed by atoms with E-state index in [1.807, 2.05) is 0 Å². The molecule has 0 aromatic rings. The van der Waals surface area contributed by atoms with Gasteiger partial charge in [-0.25, -0.2) is 0 Å². The molecule has 0 fully saturated rings. The molecule has 0 bridgehead atoms. The molecule has 0 N–H and O–H groups in total. The molecule has 0 aliphatic heterocycles. The molecule has 0 atom stereocenters. The highest BCUT2D eigenvalue weighted by molar-refractivity contribution is 7.85. The zero-order valence-electron chi connectivity index (χ0n) is 3.94. The third kappa shape index (κ3) is 5.47. The monoisotopic (exact) mass is 110 g/mol. The topological polar surface area (TPSA) is 0 Å². The van der Waals surface area contributed by atoms with Crippen LogP contribution in [0.25, 0.3) is 0 Å². The Morgan fingerprint density at radius 3 is 2.57 bits per heavy atom. The molecule has 0 unspecified atom stereocenters. The molecule has 0 aromatic carbocycles. The minimum Gasteiger partial charge on any atom is -0.120 e. The molecule has 0 saturated carbocycles. The normalized spacial score (nSPS) is 5.71. The molecule has 0 heterocycles. The van der Waals surface area contributed by atoms with Gasteiger partial charge in [-0.15, -0.1) is 12.3 Å². The maximum Gasteiger partial charge on any atom is 0.0207 e. The van der Waals surface area contributed by atoms with Crippen molar-refractivity contribution in [1.29, 1.82) is 0 Å². The summed E-state index contributed by atoms with van der Waals surface area (Å²) in [6.07, 6.45) is 6.42. The Hall–Kier alpha value is -0.530. The summed E-state index contributed by atoms with van der Waals surface area (Å²) in [5.41, 5.74) is 0. The summed E-state index contributed by atoms with van der Waals surface area (Å²) in [5.74, 6) is 5.19. The van der Waals surface area contributed by atoms with Crippen molar-refractivity contribution in [3.8, 4) is 23.5 Å². The van der Waals surface area contributed by atoms with Crippen LogP contribution in [0.3, 0.4) is 0 Å². The van der Waals surface area contributed by atoms with Crippen molar-refractivity contribution in [2.45, 2.75) is 12.8 Å². The molecule has 0 radical (unpaired) electrons. The maximum absolute atomic E-state index is 4.93. The van der Waals surface area contributed by atoms with E-state index >= 15 is 0 Å². The lowest BCUT2D eigenvalue weighted by Crippen LogP contribution is -1.60. The number of terminal acetylenes is 1. The average molecular weight is 110 g/mol. The van der Waals surface area contributed by atoms with Crippen LogP contribution in [0, 0.1) is 23.5 Å². The van der Waals surface area contributed by atoms with E-state index in [4.69, 9.17) is 6.42 Å². The van der Waals surface area contributed by atoms with Crippen LogP contribution in [0.15, 0.2) is 0 Å². The van der Waals surface area contributed by atoms with E-state index in [1.165, 1.54) is 0 Å². The van der Waals surface area contributed by atoms with Crippen molar-refractivity contribution in [2.75, 3.05) is 0 Å². The van der Waals surface area contributed by atoms with E-state index in [0.717, 1.165) is 12.8 Å². The molecule has 7 heavy (non-hydrogen) atoms. The van der Waals surface area contributed by atoms with Crippen LogP contribution in [0.5, 0.6) is 0 Å². The summed E-state index contributed by atoms with van der Waals surface area (Å²) in [6.45, 7) is 0. The lowest BCUT2D eigenvalue weighted by molar-refractivity contribution is 1.12. The van der Waals surface area contributed by atoms with Crippen LogP contribution < -0.4 is 0 Å². The maximum atomic E-state index is 4.93. The molecule has 0 nitrogen and oxygen atoms in total. The number of hydrogen-bond donors (Lipinski definition) is 1. The molecule has 0 aromatic heterocycles. The predicted octanol–water partition coefficient (Wildman–Crippen LogP) is 1.29. The van der Waals surface area contributed by atoms with Crippen LogP contribution in [-0.4, -0.2) is 0 Å². The van der Waals surface area contributed by atoms with E-state index < -0.39 is 0 Å². The first-order chi connectivity index (χ1) is 3.41. The van der Waals surface area contributed by atoms with Gasteiger partial charge in [0.2, 0.25) is 0 Å². The molecular weight excluding hydrogens is 104 g/mol. The first-order valence-corrected chi connectivity index (χ1v) is 2.42. The highest BCUT2D eigenvalue weighted by Gasteiger charge is 1.68. The number of rotatable bonds is 1. The van der Waals surface area contributed by atoms with Gasteiger partial charge in [0.05, 0.1) is 0 Å². The number of unbranched alkanes of at least 4 members (excludes halogenated alkanes) is 1. The molecule has 0 amide bonds. The van der Waals surface area contributed by atoms with Crippen molar-refractivity contribution in [3.05, 3.63) is 0 Å². The summed E-state index contributed by atoms with van der Waals surface area (Å²) in [6, 6.07) is 0. The Morgan fingerprint density at radius 2 is 2.14 bits per heavy atom. The predicted molar refractivity (Wildman–Crippen MR) is 34.8 cm³/mol. The lowest BCUT2D eigenvalue weighted by atomic mass is 10.3. The first-order valence-electron chi connectivity index (χ1n) is 1.97. The zero-order chi connectivity index (χ0) is 5.54. The molecule has 0 saturated heterocycles. The Kier molecular flexibility index (Phi) is 5.06. The summed E-state index contributed by atoms with van der Waals surface area (Å²) in [4.78, 5) is 0. The fourth-order valence-electron chi connectivity index (χ4n) is 0.191. The van der Waals surface area contributed by atoms with Crippen molar-refractivity contribution >= 4 is 12.6 Å². The van der Waals surface area contributed by atoms with Gasteiger partial charge in [-0.1, -0.05) is 18.5 Å². The van der Waals surface area contributed by atoms with Crippen molar-refractivity contribution in [3.63, 3.8) is 0 Å². The fourth-order valence-corrected chi connectivity index (χ4v) is 0.302. The lowest BCUT2D eigenvalue weighted by Gasteiger charge is -1.72. The van der Waals surface area contributed by atoms with Crippen LogP contribution in [0.4, 0.5) is 0 Å². The van der Waals surface area contributed by atoms with Crippen molar-refractivity contribution < 1.29 is 0 Å². The van der Waals surface area contributed by atoms with Gasteiger partial charge in [0.25, 0.3) is 0 Å². The SMILES string of the molecule is C#CCCC#CS. The number of hydrogen-bond acceptors (Lipinski definition) is 1. The van der Waals surface area contributed by atoms with Gasteiger partial charge in [0, 0.05) is 12.8 Å². The molecule has 0 aliphatic rings. The van der Waals surface area contributed by atoms with Gasteiger partial charge in [0.15, 0.2) is 0 Å². The quantitative estimate of drug-likeness (QED) is 0.293. The van der Waals surface area contributed by atoms with E-state index in [0.29, 0.717) is 0 Å². The van der Waals surface area contributed by atoms with E-state index in [1.54, 1.807) is 0 Å². The van der Waals surface area contributed by atoms with Crippen LogP contribution in [-0.2, 0) is 0 Å². The molecule has 36 valence electrons. The smallest absolute Gasteiger partial charge is 0.0207 e. The van der Waals surface area contributed by atoms with E-state index in [-0.39, 0.29) is 0 Å². The highest BCUT2D eigenvalue weighted by atomic mass is 32.1. The zero-order valence-corrected chi connectivity index (χ0v) is 4.83. The van der Waals surface area contributed by atoms with Crippen LogP contribution in [0.2, 0.25) is 0 Å². The second kappa shape index (κ2) is 5.47. The van der Waals surface area contributed by atoms with Gasteiger partial charge in [-0.3, -0.25) is 0 Å². The van der Waals surface area contributed by atoms with Crippen LogP contribution >= 0.6 is 12.6 Å². The van der Waals surface area contributed by atoms with Gasteiger partial charge in [-0.05, 0) is 5.25 Å². The minimum atomic E-state index is 0.730. The fraction of sp³-hybridized carbons (Fsp3) is 0.333. The van der Waals surface area contributed by atoms with Gasteiger partial charge < -0.3 is 0 Å². The van der Waals surface area contributed by atoms with Gasteiger partial charge >= 0.3 is 0 Å². The largest absolute Gasteiger partial charge is 0.120 e. The van der Waals surface area contributed by atoms with E-state index in [9.17, 15) is 0 Å². The van der Waals surface area contributed by atoms with Crippen molar-refractivity contribution in [1.82, 2.24) is 0 Å². The molecule has 0 spiro atoms. The summed E-state index contributed by atoms with van der Waals surface area (Å²) < 4.78 is 0. The second-order valence-corrected chi connectivity index (χ2v) is 1.22. The summed E-state index contributed by atoms with van der Waals surface area (Å²) in [7, 11) is 0. The Labute approximate surface area is 49.7 Å². The minimum absolute atomic E-state index is 0.730. The standard InChI is InChI=1S/C6H6S/c1-2-3-4-5-6-7/h1,7H,3-4H2. The van der Waals surface area contributed by atoms with Crippen LogP contribution in [0.1, 0.15) is 12.8 Å². The van der Waals surface area contributed by atoms with Gasteiger partial charge in [0.1, 0.15) is 0 Å². The Balaban J connectivity index is 2.98. The van der Waals surface area contributed by atoms with Gasteiger partial charge in [-0.2, -0.15) is 0 Å². The second-order valence-electron chi connectivity index (χ2n) is 0.993. The molecular formula is C6H6S. The average Bonchev–Trinajstić information content (AvgIpc) is 1.69. The third-order valence-corrected chi connectivity index (χ3v) is 0.632. The summed E-state index contributed by atoms with van der Waals surface area (Å²) >= 11 is 3.66. The van der Waals surface area contributed by atoms with Crippen molar-refractivity contribution in [2.24, 2.45) is 0 Å². The Morgan fingerprint density at radius 1 is 1.43 bits per heavy atom. The number of thiol groups is 1. The molecule has 1 heteroatoms. The highest BCUT2D eigenvalue weighted by Crippen LogP contribution is 1.80. The molecule has 0 aliphatic carbocycles.